The molecule has 0 atom stereocenters. The van der Waals surface area contributed by atoms with Gasteiger partial charge in [-0.1, -0.05) is 15.9 Å². The topological polar surface area (TPSA) is 51.2 Å². The Morgan fingerprint density at radius 1 is 1.28 bits per heavy atom. The lowest BCUT2D eigenvalue weighted by Crippen LogP contribution is -2.12. The van der Waals surface area contributed by atoms with Gasteiger partial charge in [0.1, 0.15) is 0 Å². The van der Waals surface area contributed by atoms with E-state index in [-0.39, 0.29) is 5.91 Å². The average molecular weight is 307 g/mol. The predicted octanol–water partition coefficient (Wildman–Crippen LogP) is 3.11. The van der Waals surface area contributed by atoms with Crippen LogP contribution >= 0.6 is 15.9 Å². The predicted molar refractivity (Wildman–Crippen MR) is 72.9 cm³/mol. The number of hydrogen-bond donors (Lipinski definition) is 1. The number of rotatable bonds is 3. The van der Waals surface area contributed by atoms with E-state index < -0.39 is 0 Å². The smallest absolute Gasteiger partial charge is 0.255 e. The minimum absolute atomic E-state index is 0.196. The summed E-state index contributed by atoms with van der Waals surface area (Å²) in [5, 5.41) is 2.79. The third kappa shape index (κ3) is 3.07. The fourth-order valence-electron chi connectivity index (χ4n) is 1.40. The second-order valence-electron chi connectivity index (χ2n) is 3.55. The minimum Gasteiger partial charge on any atom is -0.481 e. The lowest BCUT2D eigenvalue weighted by Gasteiger charge is -2.06. The second kappa shape index (κ2) is 5.64. The molecule has 0 aliphatic heterocycles. The van der Waals surface area contributed by atoms with Gasteiger partial charge in [0.25, 0.3) is 5.91 Å². The summed E-state index contributed by atoms with van der Waals surface area (Å²) in [5.74, 6) is 0.219. The first-order chi connectivity index (χ1) is 8.69. The van der Waals surface area contributed by atoms with Gasteiger partial charge in [-0.25, -0.2) is 4.98 Å². The number of hydrogen-bond acceptors (Lipinski definition) is 3. The van der Waals surface area contributed by atoms with Crippen LogP contribution in [0.4, 0.5) is 5.69 Å². The molecule has 1 aromatic heterocycles. The summed E-state index contributed by atoms with van der Waals surface area (Å²) < 4.78 is 5.94. The van der Waals surface area contributed by atoms with E-state index in [1.54, 1.807) is 12.1 Å². The molecule has 1 N–H and O–H groups in total. The number of pyridine rings is 1. The van der Waals surface area contributed by atoms with Crippen LogP contribution in [0.25, 0.3) is 0 Å². The van der Waals surface area contributed by atoms with Gasteiger partial charge in [0.2, 0.25) is 5.88 Å². The number of carbonyl (C=O) groups excluding carboxylic acids is 1. The summed E-state index contributed by atoms with van der Waals surface area (Å²) in [4.78, 5) is 15.9. The Labute approximate surface area is 113 Å². The van der Waals surface area contributed by atoms with Crippen molar-refractivity contribution in [2.45, 2.75) is 0 Å². The van der Waals surface area contributed by atoms with Gasteiger partial charge in [-0.3, -0.25) is 4.79 Å². The molecule has 0 bridgehead atoms. The number of amides is 1. The number of methoxy groups -OCH3 is 1. The molecule has 0 saturated carbocycles. The Hall–Kier alpha value is -1.88. The van der Waals surface area contributed by atoms with Crippen molar-refractivity contribution in [1.29, 1.82) is 0 Å². The Morgan fingerprint density at radius 2 is 2.00 bits per heavy atom. The van der Waals surface area contributed by atoms with Crippen LogP contribution in [0.3, 0.4) is 0 Å². The monoisotopic (exact) mass is 306 g/mol. The molecule has 0 aliphatic carbocycles. The van der Waals surface area contributed by atoms with Gasteiger partial charge in [0, 0.05) is 28.0 Å². The van der Waals surface area contributed by atoms with Gasteiger partial charge in [0.15, 0.2) is 0 Å². The van der Waals surface area contributed by atoms with Gasteiger partial charge in [0.05, 0.1) is 7.11 Å². The Balaban J connectivity index is 2.14. The molecular weight excluding hydrogens is 296 g/mol. The number of anilines is 1. The van der Waals surface area contributed by atoms with Crippen LogP contribution in [0.5, 0.6) is 5.88 Å². The highest BCUT2D eigenvalue weighted by atomic mass is 79.9. The largest absolute Gasteiger partial charge is 0.481 e. The first-order valence-corrected chi connectivity index (χ1v) is 6.05. The fourth-order valence-corrected chi connectivity index (χ4v) is 1.66. The Morgan fingerprint density at radius 3 is 2.67 bits per heavy atom. The van der Waals surface area contributed by atoms with Crippen molar-refractivity contribution in [2.24, 2.45) is 0 Å². The highest BCUT2D eigenvalue weighted by Gasteiger charge is 2.07. The van der Waals surface area contributed by atoms with Gasteiger partial charge >= 0.3 is 0 Å². The van der Waals surface area contributed by atoms with Crippen molar-refractivity contribution in [3.8, 4) is 5.88 Å². The van der Waals surface area contributed by atoms with Crippen LogP contribution in [0, 0.1) is 0 Å². The highest BCUT2D eigenvalue weighted by Crippen LogP contribution is 2.16. The minimum atomic E-state index is -0.196. The van der Waals surface area contributed by atoms with Crippen molar-refractivity contribution in [3.05, 3.63) is 52.6 Å². The molecule has 18 heavy (non-hydrogen) atoms. The first kappa shape index (κ1) is 12.6. The van der Waals surface area contributed by atoms with Crippen LogP contribution in [-0.2, 0) is 0 Å². The summed E-state index contributed by atoms with van der Waals surface area (Å²) in [5.41, 5.74) is 1.24. The summed E-state index contributed by atoms with van der Waals surface area (Å²) >= 11 is 3.34. The van der Waals surface area contributed by atoms with E-state index in [9.17, 15) is 4.79 Å². The van der Waals surface area contributed by atoms with Gasteiger partial charge in [-0.15, -0.1) is 0 Å². The third-order valence-electron chi connectivity index (χ3n) is 2.31. The van der Waals surface area contributed by atoms with Crippen LogP contribution < -0.4 is 10.1 Å². The van der Waals surface area contributed by atoms with Crippen LogP contribution in [0.15, 0.2) is 47.1 Å². The average Bonchev–Trinajstić information content (AvgIpc) is 2.41. The molecule has 1 aromatic carbocycles. The zero-order valence-corrected chi connectivity index (χ0v) is 11.3. The van der Waals surface area contributed by atoms with E-state index in [0.717, 1.165) is 10.2 Å². The number of ether oxygens (including phenoxy) is 1. The number of benzene rings is 1. The zero-order chi connectivity index (χ0) is 13.0. The molecule has 0 aliphatic rings. The lowest BCUT2D eigenvalue weighted by atomic mass is 10.2. The van der Waals surface area contributed by atoms with Gasteiger partial charge in [-0.05, 0) is 30.3 Å². The zero-order valence-electron chi connectivity index (χ0n) is 9.68. The van der Waals surface area contributed by atoms with E-state index in [1.165, 1.54) is 13.3 Å². The maximum Gasteiger partial charge on any atom is 0.255 e. The summed E-state index contributed by atoms with van der Waals surface area (Å²) in [7, 11) is 1.51. The van der Waals surface area contributed by atoms with Crippen molar-refractivity contribution in [3.63, 3.8) is 0 Å². The maximum atomic E-state index is 12.0. The normalized spacial score (nSPS) is 9.89. The van der Waals surface area contributed by atoms with E-state index in [4.69, 9.17) is 4.74 Å². The number of aromatic nitrogens is 1. The third-order valence-corrected chi connectivity index (χ3v) is 2.84. The second-order valence-corrected chi connectivity index (χ2v) is 4.46. The molecule has 5 heteroatoms. The van der Waals surface area contributed by atoms with Crippen molar-refractivity contribution in [2.75, 3.05) is 12.4 Å². The Kier molecular flexibility index (Phi) is 3.94. The molecule has 4 nitrogen and oxygen atoms in total. The first-order valence-electron chi connectivity index (χ1n) is 5.26. The van der Waals surface area contributed by atoms with E-state index in [1.807, 2.05) is 24.3 Å². The highest BCUT2D eigenvalue weighted by molar-refractivity contribution is 9.10. The molecular formula is C13H11BrN2O2. The summed E-state index contributed by atoms with van der Waals surface area (Å²) in [6.07, 6.45) is 1.54. The van der Waals surface area contributed by atoms with Crippen molar-refractivity contribution >= 4 is 27.5 Å². The number of nitrogens with zero attached hydrogens (tertiary/aromatic N) is 1. The maximum absolute atomic E-state index is 12.0. The quantitative estimate of drug-likeness (QED) is 0.948. The SMILES string of the molecule is COc1cc(C(=O)Nc2ccc(Br)cc2)ccn1. The molecule has 0 saturated heterocycles. The van der Waals surface area contributed by atoms with E-state index >= 15 is 0 Å². The van der Waals surface area contributed by atoms with Crippen LogP contribution in [0.1, 0.15) is 10.4 Å². The van der Waals surface area contributed by atoms with Gasteiger partial charge in [-0.2, -0.15) is 0 Å². The lowest BCUT2D eigenvalue weighted by molar-refractivity contribution is 0.102. The molecule has 92 valence electrons. The van der Waals surface area contributed by atoms with Crippen molar-refractivity contribution in [1.82, 2.24) is 4.98 Å². The number of nitrogens with one attached hydrogen (secondary N) is 1. The molecule has 0 spiro atoms. The van der Waals surface area contributed by atoms with Crippen LogP contribution in [-0.4, -0.2) is 18.0 Å². The standard InChI is InChI=1S/C13H11BrN2O2/c1-18-12-8-9(6-7-15-12)13(17)16-11-4-2-10(14)3-5-11/h2-8H,1H3,(H,16,17). The van der Waals surface area contributed by atoms with E-state index in [2.05, 4.69) is 26.2 Å². The number of halogens is 1. The molecule has 0 fully saturated rings. The van der Waals surface area contributed by atoms with Crippen molar-refractivity contribution < 1.29 is 9.53 Å². The number of carbonyl (C=O) groups is 1. The molecule has 2 aromatic rings. The Bertz CT molecular complexity index is 555. The molecule has 0 radical (unpaired) electrons. The summed E-state index contributed by atoms with van der Waals surface area (Å²) in [6, 6.07) is 10.6. The van der Waals surface area contributed by atoms with Gasteiger partial charge < -0.3 is 10.1 Å². The summed E-state index contributed by atoms with van der Waals surface area (Å²) in [6.45, 7) is 0. The van der Waals surface area contributed by atoms with E-state index in [0.29, 0.717) is 11.4 Å². The molecule has 2 rings (SSSR count). The fraction of sp³-hybridized carbons (Fsp3) is 0.0769. The molecule has 0 unspecified atom stereocenters. The molecule has 1 amide bonds. The molecule has 1 heterocycles. The van der Waals surface area contributed by atoms with Crippen LogP contribution in [0.2, 0.25) is 0 Å².